The lowest BCUT2D eigenvalue weighted by Gasteiger charge is -2.59. The summed E-state index contributed by atoms with van der Waals surface area (Å²) in [6.45, 7) is 3.97. The highest BCUT2D eigenvalue weighted by Crippen LogP contribution is 2.61. The Kier molecular flexibility index (Phi) is 4.18. The van der Waals surface area contributed by atoms with Gasteiger partial charge in [0.05, 0.1) is 6.04 Å². The standard InChI is InChI=1S/C15H26N2O.ClH/c1-9(16)14(18)17-10(2)15-6-11-3-12(7-15)5-13(4-11)8-15;/h9-13H,3-8,16H2,1-2H3,(H,17,18);1H/t9-,10?,11?,12?,13?,15?;/m1./s1. The van der Waals surface area contributed by atoms with Gasteiger partial charge in [0.15, 0.2) is 0 Å². The molecule has 1 unspecified atom stereocenters. The van der Waals surface area contributed by atoms with Crippen LogP contribution in [-0.4, -0.2) is 18.0 Å². The van der Waals surface area contributed by atoms with E-state index >= 15 is 0 Å². The Balaban J connectivity index is 0.00000133. The van der Waals surface area contributed by atoms with Crippen molar-refractivity contribution >= 4 is 18.3 Å². The number of rotatable bonds is 3. The number of hydrogen-bond donors (Lipinski definition) is 2. The zero-order valence-electron chi connectivity index (χ0n) is 12.0. The summed E-state index contributed by atoms with van der Waals surface area (Å²) in [5.74, 6) is 2.82. The molecule has 4 bridgehead atoms. The van der Waals surface area contributed by atoms with Crippen LogP contribution in [0.15, 0.2) is 0 Å². The van der Waals surface area contributed by atoms with E-state index in [2.05, 4.69) is 12.2 Å². The number of hydrogen-bond acceptors (Lipinski definition) is 2. The Morgan fingerprint density at radius 1 is 1.11 bits per heavy atom. The molecule has 1 amide bonds. The van der Waals surface area contributed by atoms with Gasteiger partial charge in [0.25, 0.3) is 0 Å². The molecule has 0 aliphatic heterocycles. The lowest BCUT2D eigenvalue weighted by molar-refractivity contribution is -0.126. The van der Waals surface area contributed by atoms with E-state index in [9.17, 15) is 4.79 Å². The third kappa shape index (κ3) is 2.64. The minimum Gasteiger partial charge on any atom is -0.352 e. The van der Waals surface area contributed by atoms with E-state index in [4.69, 9.17) is 5.73 Å². The molecule has 0 heterocycles. The molecule has 2 atom stereocenters. The van der Waals surface area contributed by atoms with Crippen LogP contribution in [0.3, 0.4) is 0 Å². The van der Waals surface area contributed by atoms with Crippen LogP contribution in [0.25, 0.3) is 0 Å². The first kappa shape index (κ1) is 15.1. The van der Waals surface area contributed by atoms with Gasteiger partial charge in [-0.3, -0.25) is 4.79 Å². The summed E-state index contributed by atoms with van der Waals surface area (Å²) in [4.78, 5) is 11.8. The third-order valence-electron chi connectivity index (χ3n) is 5.78. The molecule has 0 aromatic carbocycles. The lowest BCUT2D eigenvalue weighted by Crippen LogP contribution is -2.57. The highest BCUT2D eigenvalue weighted by molar-refractivity contribution is 5.85. The van der Waals surface area contributed by atoms with E-state index in [1.165, 1.54) is 38.5 Å². The van der Waals surface area contributed by atoms with Gasteiger partial charge < -0.3 is 11.1 Å². The molecular weight excluding hydrogens is 260 g/mol. The van der Waals surface area contributed by atoms with Gasteiger partial charge in [0, 0.05) is 6.04 Å². The van der Waals surface area contributed by atoms with E-state index in [1.54, 1.807) is 6.92 Å². The van der Waals surface area contributed by atoms with Crippen LogP contribution >= 0.6 is 12.4 Å². The van der Waals surface area contributed by atoms with Crippen molar-refractivity contribution in [1.82, 2.24) is 5.32 Å². The Morgan fingerprint density at radius 2 is 1.53 bits per heavy atom. The van der Waals surface area contributed by atoms with E-state index in [1.807, 2.05) is 0 Å². The van der Waals surface area contributed by atoms with Crippen molar-refractivity contribution < 1.29 is 4.79 Å². The van der Waals surface area contributed by atoms with Gasteiger partial charge >= 0.3 is 0 Å². The van der Waals surface area contributed by atoms with E-state index < -0.39 is 0 Å². The van der Waals surface area contributed by atoms with Crippen molar-refractivity contribution in [2.24, 2.45) is 28.9 Å². The summed E-state index contributed by atoms with van der Waals surface area (Å²) >= 11 is 0. The first-order valence-corrected chi connectivity index (χ1v) is 7.54. The second kappa shape index (κ2) is 5.25. The Hall–Kier alpha value is -0.280. The topological polar surface area (TPSA) is 55.1 Å². The molecule has 4 heteroatoms. The average molecular weight is 287 g/mol. The second-order valence-electron chi connectivity index (χ2n) is 7.30. The summed E-state index contributed by atoms with van der Waals surface area (Å²) < 4.78 is 0. The van der Waals surface area contributed by atoms with Crippen molar-refractivity contribution in [3.05, 3.63) is 0 Å². The van der Waals surface area contributed by atoms with Gasteiger partial charge in [-0.1, -0.05) is 0 Å². The maximum Gasteiger partial charge on any atom is 0.236 e. The molecule has 0 aromatic heterocycles. The highest BCUT2D eigenvalue weighted by atomic mass is 35.5. The van der Waals surface area contributed by atoms with Crippen molar-refractivity contribution in [1.29, 1.82) is 0 Å². The van der Waals surface area contributed by atoms with E-state index in [0.29, 0.717) is 11.5 Å². The fraction of sp³-hybridized carbons (Fsp3) is 0.933. The third-order valence-corrected chi connectivity index (χ3v) is 5.78. The Labute approximate surface area is 122 Å². The predicted octanol–water partition coefficient (Wildman–Crippen LogP) is 2.48. The van der Waals surface area contributed by atoms with Crippen molar-refractivity contribution in [3.8, 4) is 0 Å². The average Bonchev–Trinajstić information content (AvgIpc) is 2.26. The Bertz CT molecular complexity index is 321. The van der Waals surface area contributed by atoms with Crippen LogP contribution in [0.5, 0.6) is 0 Å². The SMILES string of the molecule is CC(NC(=O)[C@@H](C)N)C12CC3CC(CC(C3)C1)C2.Cl. The molecule has 0 radical (unpaired) electrons. The minimum atomic E-state index is -0.388. The van der Waals surface area contributed by atoms with Gasteiger partial charge in [0.1, 0.15) is 0 Å². The molecule has 4 fully saturated rings. The minimum absolute atomic E-state index is 0. The smallest absolute Gasteiger partial charge is 0.236 e. The summed E-state index contributed by atoms with van der Waals surface area (Å²) in [5, 5.41) is 3.17. The van der Waals surface area contributed by atoms with E-state index in [0.717, 1.165) is 17.8 Å². The number of nitrogens with one attached hydrogen (secondary N) is 1. The molecule has 4 aliphatic rings. The summed E-state index contributed by atoms with van der Waals surface area (Å²) in [5.41, 5.74) is 6.05. The quantitative estimate of drug-likeness (QED) is 0.837. The molecule has 4 saturated carbocycles. The molecule has 19 heavy (non-hydrogen) atoms. The first-order chi connectivity index (χ1) is 8.48. The Morgan fingerprint density at radius 3 is 1.89 bits per heavy atom. The second-order valence-corrected chi connectivity index (χ2v) is 7.30. The van der Waals surface area contributed by atoms with Gasteiger partial charge in [-0.05, 0) is 75.5 Å². The first-order valence-electron chi connectivity index (χ1n) is 7.54. The number of carbonyl (C=O) groups excluding carboxylic acids is 1. The molecule has 3 nitrogen and oxygen atoms in total. The summed E-state index contributed by atoms with van der Waals surface area (Å²) in [6.07, 6.45) is 8.35. The monoisotopic (exact) mass is 286 g/mol. The number of halogens is 1. The van der Waals surface area contributed by atoms with Crippen molar-refractivity contribution in [2.75, 3.05) is 0 Å². The maximum absolute atomic E-state index is 11.8. The van der Waals surface area contributed by atoms with Gasteiger partial charge in [-0.25, -0.2) is 0 Å². The fourth-order valence-corrected chi connectivity index (χ4v) is 5.21. The van der Waals surface area contributed by atoms with Gasteiger partial charge in [0.2, 0.25) is 5.91 Å². The highest BCUT2D eigenvalue weighted by Gasteiger charge is 2.53. The van der Waals surface area contributed by atoms with Crippen LogP contribution in [0.2, 0.25) is 0 Å². The zero-order valence-corrected chi connectivity index (χ0v) is 12.8. The summed E-state index contributed by atoms with van der Waals surface area (Å²) in [6, 6.07) is -0.0919. The molecule has 0 aromatic rings. The molecule has 0 saturated heterocycles. The maximum atomic E-state index is 11.8. The fourth-order valence-electron chi connectivity index (χ4n) is 5.21. The molecule has 110 valence electrons. The van der Waals surface area contributed by atoms with Crippen molar-refractivity contribution in [2.45, 2.75) is 64.5 Å². The largest absolute Gasteiger partial charge is 0.352 e. The number of nitrogens with two attached hydrogens (primary N) is 1. The molecule has 3 N–H and O–H groups in total. The van der Waals surface area contributed by atoms with Crippen LogP contribution in [0.1, 0.15) is 52.4 Å². The molecule has 4 aliphatic carbocycles. The van der Waals surface area contributed by atoms with Gasteiger partial charge in [-0.2, -0.15) is 0 Å². The number of amides is 1. The van der Waals surface area contributed by atoms with E-state index in [-0.39, 0.29) is 24.4 Å². The normalized spacial score (nSPS) is 42.4. The summed E-state index contributed by atoms with van der Waals surface area (Å²) in [7, 11) is 0. The van der Waals surface area contributed by atoms with Crippen LogP contribution in [-0.2, 0) is 4.79 Å². The lowest BCUT2D eigenvalue weighted by atomic mass is 9.48. The van der Waals surface area contributed by atoms with Crippen LogP contribution < -0.4 is 11.1 Å². The zero-order chi connectivity index (χ0) is 12.9. The predicted molar refractivity (Wildman–Crippen MR) is 79.1 cm³/mol. The van der Waals surface area contributed by atoms with Crippen LogP contribution in [0, 0.1) is 23.2 Å². The molecule has 0 spiro atoms. The molecular formula is C15H27ClN2O. The van der Waals surface area contributed by atoms with Crippen molar-refractivity contribution in [3.63, 3.8) is 0 Å². The van der Waals surface area contributed by atoms with Gasteiger partial charge in [-0.15, -0.1) is 12.4 Å². The molecule has 4 rings (SSSR count). The number of carbonyl (C=O) groups is 1. The van der Waals surface area contributed by atoms with Crippen LogP contribution in [0.4, 0.5) is 0 Å².